The minimum absolute atomic E-state index is 0.0313. The molecule has 0 aliphatic heterocycles. The van der Waals surface area contributed by atoms with Gasteiger partial charge in [-0.3, -0.25) is 4.79 Å². The summed E-state index contributed by atoms with van der Waals surface area (Å²) in [4.78, 5) is 11.9. The number of nitrogens with zero attached hydrogens (tertiary/aromatic N) is 1. The van der Waals surface area contributed by atoms with E-state index in [4.69, 9.17) is 10.00 Å². The third-order valence-electron chi connectivity index (χ3n) is 3.07. The molecule has 0 saturated heterocycles. The zero-order valence-corrected chi connectivity index (χ0v) is 11.9. The van der Waals surface area contributed by atoms with E-state index in [0.29, 0.717) is 0 Å². The SMILES string of the molecule is CCC(CC)NC(=O)C(C)Oc1ccc(C#N)cc1F. The molecule has 0 fully saturated rings. The smallest absolute Gasteiger partial charge is 0.260 e. The average molecular weight is 278 g/mol. The van der Waals surface area contributed by atoms with E-state index in [1.165, 1.54) is 12.1 Å². The summed E-state index contributed by atoms with van der Waals surface area (Å²) >= 11 is 0. The van der Waals surface area contributed by atoms with Crippen molar-refractivity contribution in [2.24, 2.45) is 0 Å². The molecule has 0 spiro atoms. The third kappa shape index (κ3) is 4.23. The lowest BCUT2D eigenvalue weighted by Gasteiger charge is -2.19. The van der Waals surface area contributed by atoms with E-state index in [9.17, 15) is 9.18 Å². The van der Waals surface area contributed by atoms with Crippen LogP contribution in [0.1, 0.15) is 39.2 Å². The molecule has 1 unspecified atom stereocenters. The molecular formula is C15H19FN2O2. The molecule has 0 radical (unpaired) electrons. The van der Waals surface area contributed by atoms with Crippen LogP contribution in [0, 0.1) is 17.1 Å². The molecule has 0 aliphatic rings. The molecule has 1 aromatic carbocycles. The Balaban J connectivity index is 2.68. The molecule has 4 nitrogen and oxygen atoms in total. The summed E-state index contributed by atoms with van der Waals surface area (Å²) in [5, 5.41) is 11.5. The Morgan fingerprint density at radius 3 is 2.60 bits per heavy atom. The van der Waals surface area contributed by atoms with Crippen LogP contribution in [-0.2, 0) is 4.79 Å². The van der Waals surface area contributed by atoms with E-state index in [1.807, 2.05) is 19.9 Å². The molecule has 1 N–H and O–H groups in total. The number of benzene rings is 1. The quantitative estimate of drug-likeness (QED) is 0.870. The van der Waals surface area contributed by atoms with E-state index >= 15 is 0 Å². The highest BCUT2D eigenvalue weighted by Crippen LogP contribution is 2.19. The Hall–Kier alpha value is -2.09. The molecule has 108 valence electrons. The Bertz CT molecular complexity index is 507. The Morgan fingerprint density at radius 1 is 1.45 bits per heavy atom. The van der Waals surface area contributed by atoms with Gasteiger partial charge >= 0.3 is 0 Å². The highest BCUT2D eigenvalue weighted by molar-refractivity contribution is 5.81. The molecule has 1 rings (SSSR count). The van der Waals surface area contributed by atoms with E-state index < -0.39 is 11.9 Å². The van der Waals surface area contributed by atoms with Crippen LogP contribution in [0.4, 0.5) is 4.39 Å². The number of amides is 1. The highest BCUT2D eigenvalue weighted by Gasteiger charge is 2.18. The van der Waals surface area contributed by atoms with Gasteiger partial charge in [-0.25, -0.2) is 4.39 Å². The molecular weight excluding hydrogens is 259 g/mol. The first-order valence-corrected chi connectivity index (χ1v) is 6.68. The number of hydrogen-bond donors (Lipinski definition) is 1. The summed E-state index contributed by atoms with van der Waals surface area (Å²) in [7, 11) is 0. The average Bonchev–Trinajstić information content (AvgIpc) is 2.46. The van der Waals surface area contributed by atoms with E-state index in [2.05, 4.69) is 5.32 Å². The number of nitrogens with one attached hydrogen (secondary N) is 1. The van der Waals surface area contributed by atoms with E-state index in [1.54, 1.807) is 6.92 Å². The van der Waals surface area contributed by atoms with Gasteiger partial charge in [0.25, 0.3) is 5.91 Å². The van der Waals surface area contributed by atoms with Crippen LogP contribution in [0.15, 0.2) is 18.2 Å². The minimum Gasteiger partial charge on any atom is -0.478 e. The van der Waals surface area contributed by atoms with Crippen LogP contribution in [0.2, 0.25) is 0 Å². The molecule has 1 atom stereocenters. The van der Waals surface area contributed by atoms with Crippen molar-refractivity contribution in [1.82, 2.24) is 5.32 Å². The second-order valence-corrected chi connectivity index (χ2v) is 4.54. The summed E-state index contributed by atoms with van der Waals surface area (Å²) in [5.41, 5.74) is 0.212. The molecule has 1 amide bonds. The number of rotatable bonds is 6. The van der Waals surface area contributed by atoms with Crippen molar-refractivity contribution in [2.75, 3.05) is 0 Å². The van der Waals surface area contributed by atoms with Gasteiger partial charge in [-0.05, 0) is 38.0 Å². The topological polar surface area (TPSA) is 62.1 Å². The maximum atomic E-state index is 13.6. The van der Waals surface area contributed by atoms with Crippen molar-refractivity contribution in [3.8, 4) is 11.8 Å². The molecule has 0 heterocycles. The largest absolute Gasteiger partial charge is 0.478 e. The summed E-state index contributed by atoms with van der Waals surface area (Å²) in [5.74, 6) is -0.954. The van der Waals surface area contributed by atoms with Gasteiger partial charge in [0.15, 0.2) is 17.7 Å². The number of carbonyl (C=O) groups excluding carboxylic acids is 1. The fourth-order valence-corrected chi connectivity index (χ4v) is 1.72. The zero-order valence-electron chi connectivity index (χ0n) is 11.9. The van der Waals surface area contributed by atoms with Crippen LogP contribution in [-0.4, -0.2) is 18.1 Å². The fourth-order valence-electron chi connectivity index (χ4n) is 1.72. The first kappa shape index (κ1) is 16.0. The first-order valence-electron chi connectivity index (χ1n) is 6.68. The van der Waals surface area contributed by atoms with E-state index in [-0.39, 0.29) is 23.3 Å². The lowest BCUT2D eigenvalue weighted by atomic mass is 10.1. The maximum Gasteiger partial charge on any atom is 0.260 e. The predicted octanol–water partition coefficient (Wildman–Crippen LogP) is 2.77. The summed E-state index contributed by atoms with van der Waals surface area (Å²) in [6, 6.07) is 5.82. The molecule has 0 bridgehead atoms. The summed E-state index contributed by atoms with van der Waals surface area (Å²) in [6.07, 6.45) is 0.874. The minimum atomic E-state index is -0.793. The monoisotopic (exact) mass is 278 g/mol. The number of nitriles is 1. The second-order valence-electron chi connectivity index (χ2n) is 4.54. The zero-order chi connectivity index (χ0) is 15.1. The van der Waals surface area contributed by atoms with Crippen molar-refractivity contribution in [1.29, 1.82) is 5.26 Å². The van der Waals surface area contributed by atoms with E-state index in [0.717, 1.165) is 18.9 Å². The highest BCUT2D eigenvalue weighted by atomic mass is 19.1. The van der Waals surface area contributed by atoms with Crippen molar-refractivity contribution in [3.63, 3.8) is 0 Å². The molecule has 0 aromatic heterocycles. The lowest BCUT2D eigenvalue weighted by molar-refractivity contribution is -0.128. The van der Waals surface area contributed by atoms with Gasteiger partial charge < -0.3 is 10.1 Å². The third-order valence-corrected chi connectivity index (χ3v) is 3.07. The van der Waals surface area contributed by atoms with Gasteiger partial charge in [0, 0.05) is 6.04 Å². The van der Waals surface area contributed by atoms with Crippen LogP contribution < -0.4 is 10.1 Å². The van der Waals surface area contributed by atoms with Gasteiger partial charge in [-0.15, -0.1) is 0 Å². The van der Waals surface area contributed by atoms with Crippen LogP contribution in [0.3, 0.4) is 0 Å². The van der Waals surface area contributed by atoms with Crippen LogP contribution >= 0.6 is 0 Å². The second kappa shape index (κ2) is 7.49. The normalized spacial score (nSPS) is 11.8. The van der Waals surface area contributed by atoms with Gasteiger partial charge in [0.2, 0.25) is 0 Å². The predicted molar refractivity (Wildman–Crippen MR) is 73.7 cm³/mol. The molecule has 20 heavy (non-hydrogen) atoms. The fraction of sp³-hybridized carbons (Fsp3) is 0.467. The number of halogens is 1. The Kier molecular flexibility index (Phi) is 5.98. The summed E-state index contributed by atoms with van der Waals surface area (Å²) < 4.78 is 18.9. The first-order chi connectivity index (χ1) is 9.51. The van der Waals surface area contributed by atoms with Gasteiger partial charge in [0.05, 0.1) is 11.6 Å². The molecule has 1 aromatic rings. The van der Waals surface area contributed by atoms with Gasteiger partial charge in [0.1, 0.15) is 0 Å². The van der Waals surface area contributed by atoms with Crippen LogP contribution in [0.5, 0.6) is 5.75 Å². The maximum absolute atomic E-state index is 13.6. The lowest BCUT2D eigenvalue weighted by Crippen LogP contribution is -2.42. The number of carbonyl (C=O) groups is 1. The Labute approximate surface area is 118 Å². The Morgan fingerprint density at radius 2 is 2.10 bits per heavy atom. The van der Waals surface area contributed by atoms with Crippen molar-refractivity contribution < 1.29 is 13.9 Å². The number of ether oxygens (including phenoxy) is 1. The standard InChI is InChI=1S/C15H19FN2O2/c1-4-12(5-2)18-15(19)10(3)20-14-7-6-11(9-17)8-13(14)16/h6-8,10,12H,4-5H2,1-3H3,(H,18,19). The van der Waals surface area contributed by atoms with Crippen molar-refractivity contribution in [2.45, 2.75) is 45.8 Å². The van der Waals surface area contributed by atoms with Crippen molar-refractivity contribution in [3.05, 3.63) is 29.6 Å². The molecule has 5 heteroatoms. The van der Waals surface area contributed by atoms with Crippen LogP contribution in [0.25, 0.3) is 0 Å². The molecule has 0 saturated carbocycles. The van der Waals surface area contributed by atoms with Crippen molar-refractivity contribution >= 4 is 5.91 Å². The van der Waals surface area contributed by atoms with Gasteiger partial charge in [-0.2, -0.15) is 5.26 Å². The summed E-state index contributed by atoms with van der Waals surface area (Å²) in [6.45, 7) is 5.54. The van der Waals surface area contributed by atoms with Gasteiger partial charge in [-0.1, -0.05) is 13.8 Å². The number of hydrogen-bond acceptors (Lipinski definition) is 3. The molecule has 0 aliphatic carbocycles.